The van der Waals surface area contributed by atoms with Crippen LogP contribution in [-0.2, 0) is 30.3 Å². The summed E-state index contributed by atoms with van der Waals surface area (Å²) in [4.78, 5) is 68.8. The molecule has 0 saturated heterocycles. The molecule has 202 valence electrons. The molecule has 4 saturated carbocycles. The van der Waals surface area contributed by atoms with E-state index >= 15 is 0 Å². The van der Waals surface area contributed by atoms with E-state index in [1.165, 1.54) is 28.3 Å². The van der Waals surface area contributed by atoms with Gasteiger partial charge >= 0.3 is 24.0 Å². The number of nitrogens with zero attached hydrogens (tertiary/aromatic N) is 2. The Morgan fingerprint density at radius 2 is 1.62 bits per heavy atom. The first-order chi connectivity index (χ1) is 17.6. The summed E-state index contributed by atoms with van der Waals surface area (Å²) in [6.07, 6.45) is 4.25. The molecule has 0 aliphatic heterocycles. The SMILES string of the molecule is CNC(=O)N(C(=O)NC)c1nc(CC(NC(=O)C23CC4CC(C2)CC(C(=O)OC)(C4)C3)C(=O)OC)cs1. The number of carbonyl (C=O) groups excluding carboxylic acids is 5. The van der Waals surface area contributed by atoms with Crippen molar-refractivity contribution in [2.75, 3.05) is 33.2 Å². The quantitative estimate of drug-likeness (QED) is 0.445. The summed E-state index contributed by atoms with van der Waals surface area (Å²) >= 11 is 1.05. The van der Waals surface area contributed by atoms with Gasteiger partial charge in [0.2, 0.25) is 11.0 Å². The standard InChI is InChI=1S/C24H33N5O7S/c1-25-20(33)29(21(34)26-2)22-27-15(11-37-22)6-16(17(30)35-3)28-18(31)23-7-13-5-14(8-23)10-24(9-13,12-23)19(32)36-4/h11,13-14,16H,5-10,12H2,1-4H3,(H,25,33)(H,26,34)(H,28,31). The molecule has 4 aliphatic rings. The first-order valence-corrected chi connectivity index (χ1v) is 13.1. The van der Waals surface area contributed by atoms with E-state index in [-0.39, 0.29) is 35.3 Å². The van der Waals surface area contributed by atoms with Crippen LogP contribution in [0.2, 0.25) is 0 Å². The van der Waals surface area contributed by atoms with Crippen molar-refractivity contribution in [3.8, 4) is 0 Å². The second kappa shape index (κ2) is 10.3. The third-order valence-corrected chi connectivity index (χ3v) is 8.80. The molecule has 0 radical (unpaired) electrons. The Bertz CT molecular complexity index is 1070. The van der Waals surface area contributed by atoms with E-state index in [0.717, 1.165) is 35.5 Å². The van der Waals surface area contributed by atoms with Crippen molar-refractivity contribution in [3.05, 3.63) is 11.1 Å². The van der Waals surface area contributed by atoms with Crippen molar-refractivity contribution in [3.63, 3.8) is 0 Å². The molecule has 4 fully saturated rings. The lowest BCUT2D eigenvalue weighted by Crippen LogP contribution is -2.61. The number of rotatable bonds is 7. The van der Waals surface area contributed by atoms with Crippen LogP contribution in [0, 0.1) is 22.7 Å². The second-order valence-corrected chi connectivity index (χ2v) is 11.2. The number of hydrogen-bond donors (Lipinski definition) is 3. The molecule has 3 N–H and O–H groups in total. The van der Waals surface area contributed by atoms with Gasteiger partial charge in [0.1, 0.15) is 6.04 Å². The number of aromatic nitrogens is 1. The maximum atomic E-state index is 13.7. The van der Waals surface area contributed by atoms with Gasteiger partial charge in [-0.05, 0) is 50.4 Å². The molecular formula is C24H33N5O7S. The Balaban J connectivity index is 1.53. The molecule has 5 amide bonds. The number of carbonyl (C=O) groups is 5. The van der Waals surface area contributed by atoms with Gasteiger partial charge in [-0.25, -0.2) is 19.4 Å². The molecule has 4 bridgehead atoms. The summed E-state index contributed by atoms with van der Waals surface area (Å²) in [7, 11) is 5.41. The first-order valence-electron chi connectivity index (χ1n) is 12.3. The predicted molar refractivity (Wildman–Crippen MR) is 133 cm³/mol. The van der Waals surface area contributed by atoms with Gasteiger partial charge < -0.3 is 25.4 Å². The Hall–Kier alpha value is -3.22. The number of ether oxygens (including phenoxy) is 2. The number of thiazole rings is 1. The summed E-state index contributed by atoms with van der Waals surface area (Å²) in [5, 5.41) is 9.39. The van der Waals surface area contributed by atoms with Crippen LogP contribution in [0.4, 0.5) is 14.7 Å². The number of anilines is 1. The first kappa shape index (κ1) is 26.8. The van der Waals surface area contributed by atoms with E-state index in [1.807, 2.05) is 0 Å². The van der Waals surface area contributed by atoms with Gasteiger partial charge in [-0.15, -0.1) is 11.3 Å². The second-order valence-electron chi connectivity index (χ2n) is 10.3. The van der Waals surface area contributed by atoms with Crippen molar-refractivity contribution in [2.24, 2.45) is 22.7 Å². The minimum absolute atomic E-state index is 0.00925. The van der Waals surface area contributed by atoms with Crippen molar-refractivity contribution in [1.29, 1.82) is 0 Å². The Morgan fingerprint density at radius 1 is 1.03 bits per heavy atom. The lowest BCUT2D eigenvalue weighted by molar-refractivity contribution is -0.182. The molecule has 13 heteroatoms. The molecule has 0 spiro atoms. The summed E-state index contributed by atoms with van der Waals surface area (Å²) in [6.45, 7) is 0. The van der Waals surface area contributed by atoms with E-state index in [9.17, 15) is 24.0 Å². The van der Waals surface area contributed by atoms with E-state index in [0.29, 0.717) is 25.0 Å². The van der Waals surface area contributed by atoms with Gasteiger partial charge in [-0.3, -0.25) is 9.59 Å². The van der Waals surface area contributed by atoms with Crippen LogP contribution in [-0.4, -0.2) is 69.2 Å². The molecule has 12 nitrogen and oxygen atoms in total. The van der Waals surface area contributed by atoms with Gasteiger partial charge in [0.05, 0.1) is 30.7 Å². The fraction of sp³-hybridized carbons (Fsp3) is 0.667. The Kier molecular flexibility index (Phi) is 7.45. The van der Waals surface area contributed by atoms with E-state index in [1.54, 1.807) is 5.38 Å². The topological polar surface area (TPSA) is 156 Å². The lowest BCUT2D eigenvalue weighted by Gasteiger charge is -2.59. The third kappa shape index (κ3) is 4.88. The maximum absolute atomic E-state index is 13.7. The highest BCUT2D eigenvalue weighted by molar-refractivity contribution is 7.14. The summed E-state index contributed by atoms with van der Waals surface area (Å²) in [5.74, 6) is -0.619. The van der Waals surface area contributed by atoms with Gasteiger partial charge in [0.15, 0.2) is 0 Å². The molecule has 37 heavy (non-hydrogen) atoms. The molecule has 1 aromatic heterocycles. The van der Waals surface area contributed by atoms with Crippen molar-refractivity contribution in [2.45, 2.75) is 51.0 Å². The molecular weight excluding hydrogens is 502 g/mol. The Labute approximate surface area is 218 Å². The number of nitrogens with one attached hydrogen (secondary N) is 3. The molecule has 0 aromatic carbocycles. The number of esters is 2. The van der Waals surface area contributed by atoms with Crippen LogP contribution >= 0.6 is 11.3 Å². The summed E-state index contributed by atoms with van der Waals surface area (Å²) in [5.41, 5.74) is -0.984. The van der Waals surface area contributed by atoms with Crippen molar-refractivity contribution in [1.82, 2.24) is 20.9 Å². The molecule has 1 aromatic rings. The largest absolute Gasteiger partial charge is 0.469 e. The highest BCUT2D eigenvalue weighted by Gasteiger charge is 2.63. The maximum Gasteiger partial charge on any atom is 0.331 e. The van der Waals surface area contributed by atoms with Crippen LogP contribution in [0.1, 0.15) is 44.2 Å². The number of amides is 5. The minimum atomic E-state index is -1.03. The third-order valence-electron chi connectivity index (χ3n) is 7.93. The number of hydrogen-bond acceptors (Lipinski definition) is 9. The molecule has 1 heterocycles. The lowest BCUT2D eigenvalue weighted by atomic mass is 9.44. The van der Waals surface area contributed by atoms with E-state index in [4.69, 9.17) is 9.47 Å². The molecule has 3 atom stereocenters. The Morgan fingerprint density at radius 3 is 2.16 bits per heavy atom. The summed E-state index contributed by atoms with van der Waals surface area (Å²) in [6, 6.07) is -2.36. The highest BCUT2D eigenvalue weighted by atomic mass is 32.1. The monoisotopic (exact) mass is 535 g/mol. The number of imide groups is 1. The zero-order valence-corrected chi connectivity index (χ0v) is 22.2. The average molecular weight is 536 g/mol. The van der Waals surface area contributed by atoms with Crippen molar-refractivity contribution < 1.29 is 33.4 Å². The predicted octanol–water partition coefficient (Wildman–Crippen LogP) is 1.59. The van der Waals surface area contributed by atoms with Crippen LogP contribution in [0.5, 0.6) is 0 Å². The fourth-order valence-corrected chi connectivity index (χ4v) is 7.65. The van der Waals surface area contributed by atoms with Crippen LogP contribution in [0.3, 0.4) is 0 Å². The van der Waals surface area contributed by atoms with Gasteiger partial charge in [-0.2, -0.15) is 4.90 Å². The van der Waals surface area contributed by atoms with Crippen molar-refractivity contribution >= 4 is 46.4 Å². The number of methoxy groups -OCH3 is 2. The van der Waals surface area contributed by atoms with Crippen LogP contribution in [0.15, 0.2) is 5.38 Å². The van der Waals surface area contributed by atoms with Crippen LogP contribution in [0.25, 0.3) is 0 Å². The minimum Gasteiger partial charge on any atom is -0.469 e. The van der Waals surface area contributed by atoms with E-state index < -0.39 is 34.9 Å². The normalized spacial score (nSPS) is 28.1. The van der Waals surface area contributed by atoms with Gasteiger partial charge in [-0.1, -0.05) is 0 Å². The molecule has 3 unspecified atom stereocenters. The fourth-order valence-electron chi connectivity index (χ4n) is 6.82. The summed E-state index contributed by atoms with van der Waals surface area (Å²) < 4.78 is 10.1. The van der Waals surface area contributed by atoms with E-state index in [2.05, 4.69) is 20.9 Å². The highest BCUT2D eigenvalue weighted by Crippen LogP contribution is 2.65. The average Bonchev–Trinajstić information content (AvgIpc) is 3.33. The van der Waals surface area contributed by atoms with Gasteiger partial charge in [0, 0.05) is 25.9 Å². The van der Waals surface area contributed by atoms with Crippen LogP contribution < -0.4 is 20.9 Å². The smallest absolute Gasteiger partial charge is 0.331 e. The van der Waals surface area contributed by atoms with Gasteiger partial charge in [0.25, 0.3) is 0 Å². The zero-order chi connectivity index (χ0) is 27.0. The number of urea groups is 2. The molecule has 5 rings (SSSR count). The zero-order valence-electron chi connectivity index (χ0n) is 21.4. The molecule has 4 aliphatic carbocycles.